The van der Waals surface area contributed by atoms with Crippen LogP contribution in [0.25, 0.3) is 16.6 Å². The third kappa shape index (κ3) is 3.22. The van der Waals surface area contributed by atoms with Gasteiger partial charge in [0.15, 0.2) is 5.69 Å². The smallest absolute Gasteiger partial charge is 0.277 e. The van der Waals surface area contributed by atoms with E-state index in [-0.39, 0.29) is 23.2 Å². The molecule has 0 aliphatic rings. The number of carbonyl (C=O) groups is 1. The molecule has 7 heteroatoms. The van der Waals surface area contributed by atoms with Crippen molar-refractivity contribution in [2.24, 2.45) is 5.92 Å². The summed E-state index contributed by atoms with van der Waals surface area (Å²) in [6, 6.07) is 13.1. The molecule has 3 heterocycles. The quantitative estimate of drug-likeness (QED) is 0.559. The zero-order chi connectivity index (χ0) is 19.8. The van der Waals surface area contributed by atoms with Crippen molar-refractivity contribution < 1.29 is 4.79 Å². The van der Waals surface area contributed by atoms with Gasteiger partial charge >= 0.3 is 0 Å². The van der Waals surface area contributed by atoms with Crippen LogP contribution in [0.1, 0.15) is 42.2 Å². The molecule has 3 aromatic heterocycles. The minimum absolute atomic E-state index is 0.119. The fourth-order valence-electron chi connectivity index (χ4n) is 3.37. The average molecular weight is 395 g/mol. The van der Waals surface area contributed by atoms with Crippen molar-refractivity contribution in [2.45, 2.75) is 33.4 Å². The highest BCUT2D eigenvalue weighted by Gasteiger charge is 2.19. The van der Waals surface area contributed by atoms with E-state index in [4.69, 9.17) is 0 Å². The maximum Gasteiger partial charge on any atom is 0.277 e. The zero-order valence-electron chi connectivity index (χ0n) is 16.0. The topological polar surface area (TPSA) is 68.4 Å². The summed E-state index contributed by atoms with van der Waals surface area (Å²) in [4.78, 5) is 26.9. The summed E-state index contributed by atoms with van der Waals surface area (Å²) in [5.74, 6) is 0.0318. The molecule has 6 nitrogen and oxygen atoms in total. The number of para-hydroxylation sites is 2. The Morgan fingerprint density at radius 3 is 2.54 bits per heavy atom. The maximum absolute atomic E-state index is 13.1. The lowest BCUT2D eigenvalue weighted by atomic mass is 10.2. The molecule has 1 aromatic carbocycles. The van der Waals surface area contributed by atoms with Crippen LogP contribution >= 0.6 is 11.3 Å². The molecule has 0 saturated carbocycles. The number of hydrogen-bond donors (Lipinski definition) is 1. The second-order valence-electron chi connectivity index (χ2n) is 7.34. The fraction of sp³-hybridized carbons (Fsp3) is 0.286. The Hall–Kier alpha value is -2.93. The first-order chi connectivity index (χ1) is 13.5. The first-order valence-electron chi connectivity index (χ1n) is 9.31. The molecule has 144 valence electrons. The molecule has 4 rings (SSSR count). The molecular weight excluding hydrogens is 372 g/mol. The van der Waals surface area contributed by atoms with Gasteiger partial charge in [-0.1, -0.05) is 32.0 Å². The minimum Gasteiger partial charge on any atom is -0.343 e. The van der Waals surface area contributed by atoms with Crippen LogP contribution in [0, 0.1) is 5.92 Å². The average Bonchev–Trinajstić information content (AvgIpc) is 3.35. The Morgan fingerprint density at radius 2 is 1.86 bits per heavy atom. The summed E-state index contributed by atoms with van der Waals surface area (Å²) in [6.45, 7) is 6.70. The predicted octanol–water partition coefficient (Wildman–Crippen LogP) is 3.86. The lowest BCUT2D eigenvalue weighted by Crippen LogP contribution is -2.26. The van der Waals surface area contributed by atoms with Gasteiger partial charge in [-0.25, -0.2) is 4.52 Å². The van der Waals surface area contributed by atoms with E-state index < -0.39 is 0 Å². The van der Waals surface area contributed by atoms with Gasteiger partial charge in [0.05, 0.1) is 17.1 Å². The van der Waals surface area contributed by atoms with Crippen molar-refractivity contribution in [3.05, 3.63) is 68.8 Å². The Labute approximate surface area is 166 Å². The number of fused-ring (bicyclic) bond motifs is 3. The van der Waals surface area contributed by atoms with Gasteiger partial charge in [-0.15, -0.1) is 11.3 Å². The molecule has 0 bridgehead atoms. The molecule has 0 fully saturated rings. The van der Waals surface area contributed by atoms with Gasteiger partial charge in [0.25, 0.3) is 11.5 Å². The summed E-state index contributed by atoms with van der Waals surface area (Å²) in [7, 11) is 0. The van der Waals surface area contributed by atoms with Crippen molar-refractivity contribution in [3.63, 3.8) is 0 Å². The summed E-state index contributed by atoms with van der Waals surface area (Å²) in [5, 5.41) is 9.39. The third-order valence-corrected chi connectivity index (χ3v) is 5.73. The standard InChI is InChI=1S/C21H22N4O2S/c1-13(2)12-24-16-7-4-5-8-17(16)25-18(21(24)27)11-15(23-25)20(26)22-14(3)19-9-6-10-28-19/h4-11,13-14H,12H2,1-3H3,(H,22,26)/t14-/m0/s1. The SMILES string of the molecule is CC(C)Cn1c(=O)c2cc(C(=O)N[C@@H](C)c3cccs3)nn2c2ccccc21. The number of amides is 1. The van der Waals surface area contributed by atoms with Crippen molar-refractivity contribution in [1.29, 1.82) is 0 Å². The molecule has 1 amide bonds. The fourth-order valence-corrected chi connectivity index (χ4v) is 4.11. The predicted molar refractivity (Wildman–Crippen MR) is 112 cm³/mol. The normalized spacial score (nSPS) is 12.7. The van der Waals surface area contributed by atoms with Crippen LogP contribution in [-0.2, 0) is 6.54 Å². The number of thiophene rings is 1. The van der Waals surface area contributed by atoms with Gasteiger partial charge in [0, 0.05) is 17.5 Å². The number of aromatic nitrogens is 3. The van der Waals surface area contributed by atoms with Gasteiger partial charge in [0.1, 0.15) is 5.52 Å². The minimum atomic E-state index is -0.288. The Morgan fingerprint density at radius 1 is 1.11 bits per heavy atom. The maximum atomic E-state index is 13.1. The first-order valence-corrected chi connectivity index (χ1v) is 10.2. The number of rotatable bonds is 5. The van der Waals surface area contributed by atoms with E-state index >= 15 is 0 Å². The molecule has 0 aliphatic carbocycles. The van der Waals surface area contributed by atoms with E-state index in [1.165, 1.54) is 0 Å². The summed E-state index contributed by atoms with van der Waals surface area (Å²) < 4.78 is 3.35. The summed E-state index contributed by atoms with van der Waals surface area (Å²) in [6.07, 6.45) is 0. The van der Waals surface area contributed by atoms with Crippen molar-refractivity contribution in [3.8, 4) is 0 Å². The second kappa shape index (κ2) is 7.24. The van der Waals surface area contributed by atoms with Gasteiger partial charge < -0.3 is 9.88 Å². The van der Waals surface area contributed by atoms with Gasteiger partial charge in [-0.3, -0.25) is 9.59 Å². The van der Waals surface area contributed by atoms with Crippen molar-refractivity contribution in [1.82, 2.24) is 19.5 Å². The van der Waals surface area contributed by atoms with Crippen molar-refractivity contribution >= 4 is 33.8 Å². The molecule has 1 N–H and O–H groups in total. The van der Waals surface area contributed by atoms with Crippen LogP contribution in [-0.4, -0.2) is 20.1 Å². The van der Waals surface area contributed by atoms with E-state index in [0.717, 1.165) is 15.9 Å². The molecule has 4 aromatic rings. The molecule has 0 saturated heterocycles. The highest BCUT2D eigenvalue weighted by atomic mass is 32.1. The van der Waals surface area contributed by atoms with E-state index in [0.29, 0.717) is 18.0 Å². The summed E-state index contributed by atoms with van der Waals surface area (Å²) in [5.41, 5.74) is 2.14. The second-order valence-corrected chi connectivity index (χ2v) is 8.31. The van der Waals surface area contributed by atoms with Crippen LogP contribution in [0.5, 0.6) is 0 Å². The van der Waals surface area contributed by atoms with Crippen LogP contribution in [0.2, 0.25) is 0 Å². The highest BCUT2D eigenvalue weighted by Crippen LogP contribution is 2.20. The Balaban J connectivity index is 1.80. The summed E-state index contributed by atoms with van der Waals surface area (Å²) >= 11 is 1.59. The van der Waals surface area contributed by atoms with E-state index in [1.807, 2.05) is 48.7 Å². The van der Waals surface area contributed by atoms with Gasteiger partial charge in [-0.2, -0.15) is 5.10 Å². The number of nitrogens with one attached hydrogen (secondary N) is 1. The molecule has 0 radical (unpaired) electrons. The largest absolute Gasteiger partial charge is 0.343 e. The molecule has 0 unspecified atom stereocenters. The van der Waals surface area contributed by atoms with Crippen LogP contribution in [0.4, 0.5) is 0 Å². The molecule has 1 atom stereocenters. The number of benzene rings is 1. The Bertz CT molecular complexity index is 1200. The lowest BCUT2D eigenvalue weighted by Gasteiger charge is -2.13. The number of hydrogen-bond acceptors (Lipinski definition) is 4. The van der Waals surface area contributed by atoms with Gasteiger partial charge in [0.2, 0.25) is 0 Å². The third-order valence-electron chi connectivity index (χ3n) is 4.67. The van der Waals surface area contributed by atoms with Crippen molar-refractivity contribution in [2.75, 3.05) is 0 Å². The number of carbonyl (C=O) groups excluding carboxylic acids is 1. The highest BCUT2D eigenvalue weighted by molar-refractivity contribution is 7.10. The van der Waals surface area contributed by atoms with Crippen LogP contribution in [0.3, 0.4) is 0 Å². The van der Waals surface area contributed by atoms with E-state index in [2.05, 4.69) is 24.3 Å². The zero-order valence-corrected chi connectivity index (χ0v) is 16.9. The molecule has 0 spiro atoms. The Kier molecular flexibility index (Phi) is 4.77. The van der Waals surface area contributed by atoms with E-state index in [1.54, 1.807) is 26.5 Å². The van der Waals surface area contributed by atoms with Gasteiger partial charge in [-0.05, 0) is 36.4 Å². The monoisotopic (exact) mass is 394 g/mol. The molecule has 0 aliphatic heterocycles. The van der Waals surface area contributed by atoms with Crippen LogP contribution < -0.4 is 10.9 Å². The molecule has 28 heavy (non-hydrogen) atoms. The molecular formula is C21H22N4O2S. The number of nitrogens with zero attached hydrogens (tertiary/aromatic N) is 3. The first kappa shape index (κ1) is 18.4. The van der Waals surface area contributed by atoms with E-state index in [9.17, 15) is 9.59 Å². The lowest BCUT2D eigenvalue weighted by molar-refractivity contribution is 0.0935. The van der Waals surface area contributed by atoms with Crippen LogP contribution in [0.15, 0.2) is 52.6 Å².